The van der Waals surface area contributed by atoms with Crippen LogP contribution in [-0.4, -0.2) is 48.3 Å². The first-order valence-corrected chi connectivity index (χ1v) is 12.8. The summed E-state index contributed by atoms with van der Waals surface area (Å²) < 4.78 is 43.7. The highest BCUT2D eigenvalue weighted by Crippen LogP contribution is 2.54. The van der Waals surface area contributed by atoms with Crippen LogP contribution in [0.2, 0.25) is 0 Å². The summed E-state index contributed by atoms with van der Waals surface area (Å²) >= 11 is 0. The summed E-state index contributed by atoms with van der Waals surface area (Å²) in [6.07, 6.45) is -0.143. The zero-order chi connectivity index (χ0) is 24.4. The lowest BCUT2D eigenvalue weighted by atomic mass is 9.66. The number of hydrogen-bond donors (Lipinski definition) is 0. The largest absolute Gasteiger partial charge is 0.299 e. The molecule has 0 aromatic heterocycles. The normalized spacial score (nSPS) is 29.4. The van der Waals surface area contributed by atoms with Gasteiger partial charge in [0.15, 0.2) is 0 Å². The minimum atomic E-state index is -4.13. The Balaban J connectivity index is 1.66. The molecular weight excluding hydrogens is 459 g/mol. The van der Waals surface area contributed by atoms with Crippen LogP contribution in [0, 0.1) is 36.4 Å². The van der Waals surface area contributed by atoms with Crippen LogP contribution in [0.4, 0.5) is 4.39 Å². The van der Waals surface area contributed by atoms with Crippen molar-refractivity contribution in [2.24, 2.45) is 23.7 Å². The molecular formula is C25H25FN2O5S. The summed E-state index contributed by atoms with van der Waals surface area (Å²) in [5, 5.41) is 0. The van der Waals surface area contributed by atoms with E-state index in [2.05, 4.69) is 0 Å². The molecule has 0 spiro atoms. The summed E-state index contributed by atoms with van der Waals surface area (Å²) in [4.78, 5) is 40.5. The lowest BCUT2D eigenvalue weighted by molar-refractivity contribution is -0.140. The molecule has 7 nitrogen and oxygen atoms in total. The maximum absolute atomic E-state index is 15.0. The molecule has 3 aliphatic rings. The third-order valence-electron chi connectivity index (χ3n) is 7.49. The second kappa shape index (κ2) is 8.09. The van der Waals surface area contributed by atoms with Crippen molar-refractivity contribution in [1.82, 2.24) is 9.21 Å². The monoisotopic (exact) mass is 484 g/mol. The van der Waals surface area contributed by atoms with Gasteiger partial charge in [0.2, 0.25) is 21.8 Å². The van der Waals surface area contributed by atoms with Crippen molar-refractivity contribution in [3.8, 4) is 0 Å². The molecule has 5 atom stereocenters. The van der Waals surface area contributed by atoms with Gasteiger partial charge in [0.1, 0.15) is 11.6 Å². The van der Waals surface area contributed by atoms with Crippen molar-refractivity contribution < 1.29 is 27.2 Å². The van der Waals surface area contributed by atoms with E-state index in [4.69, 9.17) is 0 Å². The molecule has 2 saturated heterocycles. The number of likely N-dealkylation sites (tertiary alicyclic amines) is 1. The van der Waals surface area contributed by atoms with E-state index in [9.17, 15) is 22.8 Å². The summed E-state index contributed by atoms with van der Waals surface area (Å²) in [6.45, 7) is 3.59. The fraction of sp³-hybridized carbons (Fsp3) is 0.400. The highest BCUT2D eigenvalue weighted by atomic mass is 32.2. The SMILES string of the molecule is CCN1C(=O)[C@@H]2[C@@H]3CN(S(=O)(=O)c4ccc(C)cc4)[C@@H](c4ccccc4F)[C@@H]3C(=O)C[C@@H]2C1=O. The van der Waals surface area contributed by atoms with Gasteiger partial charge in [-0.1, -0.05) is 35.9 Å². The van der Waals surface area contributed by atoms with Gasteiger partial charge in [-0.25, -0.2) is 12.8 Å². The minimum absolute atomic E-state index is 0.0334. The number of rotatable bonds is 4. The van der Waals surface area contributed by atoms with Crippen molar-refractivity contribution in [2.45, 2.75) is 31.2 Å². The van der Waals surface area contributed by atoms with E-state index < -0.39 is 45.6 Å². The molecule has 3 fully saturated rings. The van der Waals surface area contributed by atoms with Gasteiger partial charge in [-0.2, -0.15) is 4.31 Å². The van der Waals surface area contributed by atoms with E-state index in [1.165, 1.54) is 30.3 Å². The number of fused-ring (bicyclic) bond motifs is 3. The number of imide groups is 1. The van der Waals surface area contributed by atoms with Gasteiger partial charge in [-0.3, -0.25) is 19.3 Å². The van der Waals surface area contributed by atoms with Gasteiger partial charge in [0, 0.05) is 31.0 Å². The lowest BCUT2D eigenvalue weighted by Crippen LogP contribution is -2.42. The first-order chi connectivity index (χ1) is 16.2. The summed E-state index contributed by atoms with van der Waals surface area (Å²) in [7, 11) is -4.13. The first kappa shape index (κ1) is 22.9. The molecule has 2 amide bonds. The van der Waals surface area contributed by atoms with Gasteiger partial charge in [0.25, 0.3) is 0 Å². The number of hydrogen-bond acceptors (Lipinski definition) is 5. The predicted molar refractivity (Wildman–Crippen MR) is 120 cm³/mol. The van der Waals surface area contributed by atoms with Crippen molar-refractivity contribution >= 4 is 27.6 Å². The molecule has 1 saturated carbocycles. The van der Waals surface area contributed by atoms with E-state index in [-0.39, 0.29) is 47.6 Å². The zero-order valence-electron chi connectivity index (χ0n) is 18.8. The molecule has 0 N–H and O–H groups in total. The molecule has 0 unspecified atom stereocenters. The van der Waals surface area contributed by atoms with Crippen molar-refractivity contribution in [3.05, 3.63) is 65.5 Å². The number of halogens is 1. The number of benzene rings is 2. The number of Topliss-reactive ketones (excluding diaryl/α,β-unsaturated/α-hetero) is 1. The molecule has 0 bridgehead atoms. The Labute approximate surface area is 197 Å². The molecule has 2 aromatic carbocycles. The lowest BCUT2D eigenvalue weighted by Gasteiger charge is -2.33. The maximum atomic E-state index is 15.0. The second-order valence-electron chi connectivity index (χ2n) is 9.27. The summed E-state index contributed by atoms with van der Waals surface area (Å²) in [5.74, 6) is -4.87. The molecule has 2 heterocycles. The molecule has 2 aliphatic heterocycles. The second-order valence-corrected chi connectivity index (χ2v) is 11.2. The van der Waals surface area contributed by atoms with Crippen molar-refractivity contribution in [3.63, 3.8) is 0 Å². The van der Waals surface area contributed by atoms with Crippen LogP contribution >= 0.6 is 0 Å². The Kier molecular flexibility index (Phi) is 5.44. The van der Waals surface area contributed by atoms with Crippen LogP contribution in [0.1, 0.15) is 30.5 Å². The van der Waals surface area contributed by atoms with Crippen LogP contribution in [0.25, 0.3) is 0 Å². The topological polar surface area (TPSA) is 91.8 Å². The third-order valence-corrected chi connectivity index (χ3v) is 9.35. The summed E-state index contributed by atoms with van der Waals surface area (Å²) in [5.41, 5.74) is 0.981. The maximum Gasteiger partial charge on any atom is 0.243 e. The van der Waals surface area contributed by atoms with E-state index in [0.29, 0.717) is 0 Å². The van der Waals surface area contributed by atoms with E-state index in [0.717, 1.165) is 14.8 Å². The van der Waals surface area contributed by atoms with Gasteiger partial charge in [-0.05, 0) is 38.0 Å². The van der Waals surface area contributed by atoms with E-state index in [1.807, 2.05) is 6.92 Å². The standard InChI is InChI=1S/C25H25FN2O5S/c1-3-27-24(30)17-12-20(29)22-18(21(17)25(27)31)13-28(23(22)16-6-4-5-7-19(16)26)34(32,33)15-10-8-14(2)9-11-15/h4-11,17-18,21-23H,3,12-13H2,1-2H3/t17-,18-,21-,22-,23-/m0/s1. The Morgan fingerprint density at radius 3 is 2.29 bits per heavy atom. The average Bonchev–Trinajstić information content (AvgIpc) is 3.31. The molecule has 2 aromatic rings. The first-order valence-electron chi connectivity index (χ1n) is 11.4. The van der Waals surface area contributed by atoms with Crippen LogP contribution < -0.4 is 0 Å². The van der Waals surface area contributed by atoms with E-state index >= 15 is 4.39 Å². The van der Waals surface area contributed by atoms with E-state index in [1.54, 1.807) is 25.1 Å². The minimum Gasteiger partial charge on any atom is -0.299 e. The third kappa shape index (κ3) is 3.25. The van der Waals surface area contributed by atoms with Gasteiger partial charge >= 0.3 is 0 Å². The number of amides is 2. The molecule has 178 valence electrons. The van der Waals surface area contributed by atoms with Crippen molar-refractivity contribution in [1.29, 1.82) is 0 Å². The van der Waals surface area contributed by atoms with Gasteiger partial charge in [-0.15, -0.1) is 0 Å². The van der Waals surface area contributed by atoms with Gasteiger partial charge in [0.05, 0.1) is 22.8 Å². The van der Waals surface area contributed by atoms with Crippen molar-refractivity contribution in [2.75, 3.05) is 13.1 Å². The average molecular weight is 485 g/mol. The molecule has 9 heteroatoms. The highest BCUT2D eigenvalue weighted by molar-refractivity contribution is 7.89. The number of aryl methyl sites for hydroxylation is 1. The smallest absolute Gasteiger partial charge is 0.243 e. The Morgan fingerprint density at radius 1 is 0.971 bits per heavy atom. The number of nitrogens with zero attached hydrogens (tertiary/aromatic N) is 2. The highest BCUT2D eigenvalue weighted by Gasteiger charge is 2.63. The Hall–Kier alpha value is -2.91. The number of ketones is 1. The fourth-order valence-electron chi connectivity index (χ4n) is 5.93. The van der Waals surface area contributed by atoms with Gasteiger partial charge < -0.3 is 0 Å². The van der Waals surface area contributed by atoms with Crippen LogP contribution in [0.3, 0.4) is 0 Å². The molecule has 5 rings (SSSR count). The summed E-state index contributed by atoms with van der Waals surface area (Å²) in [6, 6.07) is 11.0. The molecule has 0 radical (unpaired) electrons. The molecule has 1 aliphatic carbocycles. The number of sulfonamides is 1. The van der Waals surface area contributed by atoms with Crippen LogP contribution in [0.5, 0.6) is 0 Å². The Morgan fingerprint density at radius 2 is 1.65 bits per heavy atom. The Bertz CT molecular complexity index is 1290. The van der Waals surface area contributed by atoms with Crippen LogP contribution in [0.15, 0.2) is 53.4 Å². The zero-order valence-corrected chi connectivity index (χ0v) is 19.7. The molecule has 34 heavy (non-hydrogen) atoms. The predicted octanol–water partition coefficient (Wildman–Crippen LogP) is 2.71. The number of carbonyl (C=O) groups is 3. The number of carbonyl (C=O) groups excluding carboxylic acids is 3. The van der Waals surface area contributed by atoms with Crippen LogP contribution in [-0.2, 0) is 24.4 Å². The fourth-order valence-corrected chi connectivity index (χ4v) is 7.59. The quantitative estimate of drug-likeness (QED) is 0.623.